The molecule has 0 atom stereocenters. The Morgan fingerprint density at radius 2 is 1.77 bits per heavy atom. The van der Waals surface area contributed by atoms with Crippen LogP contribution in [0.4, 0.5) is 23.7 Å². The van der Waals surface area contributed by atoms with Gasteiger partial charge >= 0.3 is 12.2 Å². The second-order valence-corrected chi connectivity index (χ2v) is 8.53. The number of ether oxygens (including phenoxy) is 1. The number of nitrogens with one attached hydrogen (secondary N) is 1. The minimum Gasteiger partial charge on any atom is -0.379 e. The van der Waals surface area contributed by atoms with Crippen LogP contribution in [0, 0.1) is 0 Å². The third-order valence-electron chi connectivity index (χ3n) is 6.26. The number of rotatable bonds is 4. The van der Waals surface area contributed by atoms with Gasteiger partial charge < -0.3 is 19.9 Å². The van der Waals surface area contributed by atoms with Gasteiger partial charge in [0, 0.05) is 51.4 Å². The Balaban J connectivity index is 1.28. The highest BCUT2D eigenvalue weighted by Crippen LogP contribution is 2.41. The Kier molecular flexibility index (Phi) is 6.05. The number of amides is 2. The van der Waals surface area contributed by atoms with Gasteiger partial charge in [0.2, 0.25) is 0 Å². The first-order valence-electron chi connectivity index (χ1n) is 10.3. The number of piperazine rings is 1. The molecule has 0 aromatic heterocycles. The third kappa shape index (κ3) is 4.63. The van der Waals surface area contributed by atoms with E-state index in [9.17, 15) is 18.0 Å². The molecule has 3 aliphatic rings. The van der Waals surface area contributed by atoms with E-state index >= 15 is 0 Å². The number of alkyl halides is 3. The molecule has 2 saturated heterocycles. The standard InChI is InChI=1S/C20H26ClF3N4O2/c21-16-13-15(20(22,23)24)1-2-17(16)26-5-7-27(8-6-26)18(29)25-14-19(3-4-19)28-9-11-30-12-10-28/h1-2,13H,3-12,14H2,(H,25,29). The first-order valence-corrected chi connectivity index (χ1v) is 10.6. The van der Waals surface area contributed by atoms with Crippen molar-refractivity contribution < 1.29 is 22.7 Å². The molecule has 4 rings (SSSR count). The first kappa shape index (κ1) is 21.5. The minimum absolute atomic E-state index is 0.0731. The molecule has 2 amide bonds. The van der Waals surface area contributed by atoms with Crippen LogP contribution in [0.1, 0.15) is 18.4 Å². The molecule has 166 valence electrons. The average molecular weight is 447 g/mol. The van der Waals surface area contributed by atoms with E-state index in [4.69, 9.17) is 16.3 Å². The maximum atomic E-state index is 12.8. The van der Waals surface area contributed by atoms with E-state index in [2.05, 4.69) is 10.2 Å². The van der Waals surface area contributed by atoms with E-state index in [-0.39, 0.29) is 16.6 Å². The molecule has 1 aliphatic carbocycles. The zero-order chi connectivity index (χ0) is 21.4. The summed E-state index contributed by atoms with van der Waals surface area (Å²) in [7, 11) is 0. The second kappa shape index (κ2) is 8.43. The molecule has 0 radical (unpaired) electrons. The second-order valence-electron chi connectivity index (χ2n) is 8.12. The van der Waals surface area contributed by atoms with E-state index in [1.807, 2.05) is 4.90 Å². The lowest BCUT2D eigenvalue weighted by Crippen LogP contribution is -2.55. The topological polar surface area (TPSA) is 48.1 Å². The van der Waals surface area contributed by atoms with Crippen molar-refractivity contribution in [3.63, 3.8) is 0 Å². The fraction of sp³-hybridized carbons (Fsp3) is 0.650. The number of carbonyl (C=O) groups is 1. The normalized spacial score (nSPS) is 22.1. The lowest BCUT2D eigenvalue weighted by molar-refractivity contribution is -0.137. The van der Waals surface area contributed by atoms with Gasteiger partial charge in [-0.05, 0) is 31.0 Å². The van der Waals surface area contributed by atoms with Crippen molar-refractivity contribution in [2.24, 2.45) is 0 Å². The number of benzene rings is 1. The highest BCUT2D eigenvalue weighted by molar-refractivity contribution is 6.33. The first-order chi connectivity index (χ1) is 14.3. The number of hydrogen-bond donors (Lipinski definition) is 1. The summed E-state index contributed by atoms with van der Waals surface area (Å²) < 4.78 is 43.9. The fourth-order valence-corrected chi connectivity index (χ4v) is 4.53. The summed E-state index contributed by atoms with van der Waals surface area (Å²) in [5.41, 5.74) is -0.118. The van der Waals surface area contributed by atoms with E-state index in [0.717, 1.165) is 51.3 Å². The van der Waals surface area contributed by atoms with Crippen LogP contribution in [-0.4, -0.2) is 80.4 Å². The molecule has 2 heterocycles. The van der Waals surface area contributed by atoms with Crippen LogP contribution < -0.4 is 10.2 Å². The Labute approximate surface area is 178 Å². The lowest BCUT2D eigenvalue weighted by Gasteiger charge is -2.38. The summed E-state index contributed by atoms with van der Waals surface area (Å²) in [4.78, 5) is 18.7. The van der Waals surface area contributed by atoms with Crippen LogP contribution in [0.15, 0.2) is 18.2 Å². The van der Waals surface area contributed by atoms with Gasteiger partial charge in [-0.25, -0.2) is 4.79 Å². The van der Waals surface area contributed by atoms with Crippen LogP contribution in [0.2, 0.25) is 5.02 Å². The zero-order valence-electron chi connectivity index (χ0n) is 16.7. The van der Waals surface area contributed by atoms with Gasteiger partial charge in [0.1, 0.15) is 0 Å². The molecular weight excluding hydrogens is 421 g/mol. The molecule has 10 heteroatoms. The summed E-state index contributed by atoms with van der Waals surface area (Å²) in [6, 6.07) is 3.31. The van der Waals surface area contributed by atoms with Crippen LogP contribution in [0.25, 0.3) is 0 Å². The number of urea groups is 1. The molecule has 0 bridgehead atoms. The van der Waals surface area contributed by atoms with E-state index in [1.165, 1.54) is 6.07 Å². The largest absolute Gasteiger partial charge is 0.416 e. The zero-order valence-corrected chi connectivity index (χ0v) is 17.4. The van der Waals surface area contributed by atoms with Crippen molar-refractivity contribution in [1.29, 1.82) is 0 Å². The maximum Gasteiger partial charge on any atom is 0.416 e. The monoisotopic (exact) mass is 446 g/mol. The van der Waals surface area contributed by atoms with E-state index in [1.54, 1.807) is 4.90 Å². The van der Waals surface area contributed by atoms with E-state index < -0.39 is 11.7 Å². The molecular formula is C20H26ClF3N4O2. The number of carbonyl (C=O) groups excluding carboxylic acids is 1. The van der Waals surface area contributed by atoms with Gasteiger partial charge in [-0.15, -0.1) is 0 Å². The number of halogens is 4. The molecule has 3 fully saturated rings. The van der Waals surface area contributed by atoms with E-state index in [0.29, 0.717) is 38.4 Å². The summed E-state index contributed by atoms with van der Waals surface area (Å²) in [5, 5.41) is 3.15. The summed E-state index contributed by atoms with van der Waals surface area (Å²) >= 11 is 6.10. The molecule has 1 N–H and O–H groups in total. The molecule has 2 aliphatic heterocycles. The quantitative estimate of drug-likeness (QED) is 0.772. The summed E-state index contributed by atoms with van der Waals surface area (Å²) in [6.07, 6.45) is -2.24. The van der Waals surface area contributed by atoms with Crippen molar-refractivity contribution >= 4 is 23.3 Å². The molecule has 1 aromatic carbocycles. The number of morpholine rings is 1. The molecule has 1 aromatic rings. The molecule has 1 saturated carbocycles. The van der Waals surface area contributed by atoms with Crippen molar-refractivity contribution in [2.75, 3.05) is 63.9 Å². The predicted octanol–water partition coefficient (Wildman–Crippen LogP) is 3.06. The highest BCUT2D eigenvalue weighted by Gasteiger charge is 2.48. The molecule has 0 spiro atoms. The molecule has 0 unspecified atom stereocenters. The van der Waals surface area contributed by atoms with Crippen molar-refractivity contribution in [1.82, 2.24) is 15.1 Å². The maximum absolute atomic E-state index is 12.8. The molecule has 6 nitrogen and oxygen atoms in total. The van der Waals surface area contributed by atoms with Crippen molar-refractivity contribution in [3.05, 3.63) is 28.8 Å². The van der Waals surface area contributed by atoms with Gasteiger partial charge in [0.05, 0.1) is 29.5 Å². The highest BCUT2D eigenvalue weighted by atomic mass is 35.5. The van der Waals surface area contributed by atoms with Gasteiger partial charge in [0.15, 0.2) is 0 Å². The van der Waals surface area contributed by atoms with Gasteiger partial charge in [0.25, 0.3) is 0 Å². The number of hydrogen-bond acceptors (Lipinski definition) is 4. The van der Waals surface area contributed by atoms with Gasteiger partial charge in [-0.3, -0.25) is 4.90 Å². The average Bonchev–Trinajstić information content (AvgIpc) is 3.53. The smallest absolute Gasteiger partial charge is 0.379 e. The lowest BCUT2D eigenvalue weighted by atomic mass is 10.1. The summed E-state index contributed by atoms with van der Waals surface area (Å²) in [6.45, 7) is 5.96. The van der Waals surface area contributed by atoms with Crippen molar-refractivity contribution in [3.8, 4) is 0 Å². The van der Waals surface area contributed by atoms with Crippen LogP contribution >= 0.6 is 11.6 Å². The minimum atomic E-state index is -4.42. The number of anilines is 1. The fourth-order valence-electron chi connectivity index (χ4n) is 4.23. The van der Waals surface area contributed by atoms with Crippen LogP contribution in [0.5, 0.6) is 0 Å². The molecule has 30 heavy (non-hydrogen) atoms. The Bertz CT molecular complexity index is 774. The Morgan fingerprint density at radius 3 is 2.33 bits per heavy atom. The van der Waals surface area contributed by atoms with Crippen LogP contribution in [0.3, 0.4) is 0 Å². The van der Waals surface area contributed by atoms with Gasteiger partial charge in [-0.2, -0.15) is 13.2 Å². The SMILES string of the molecule is O=C(NCC1(N2CCOCC2)CC1)N1CCN(c2ccc(C(F)(F)F)cc2Cl)CC1. The third-order valence-corrected chi connectivity index (χ3v) is 6.56. The Morgan fingerprint density at radius 1 is 1.10 bits per heavy atom. The van der Waals surface area contributed by atoms with Crippen molar-refractivity contribution in [2.45, 2.75) is 24.6 Å². The van der Waals surface area contributed by atoms with Gasteiger partial charge in [-0.1, -0.05) is 11.6 Å². The number of nitrogens with zero attached hydrogens (tertiary/aromatic N) is 3. The summed E-state index contributed by atoms with van der Waals surface area (Å²) in [5.74, 6) is 0. The Hall–Kier alpha value is -1.71. The van der Waals surface area contributed by atoms with Crippen LogP contribution in [-0.2, 0) is 10.9 Å². The predicted molar refractivity (Wildman–Crippen MR) is 108 cm³/mol.